The van der Waals surface area contributed by atoms with Crippen LogP contribution in [0.2, 0.25) is 0 Å². The zero-order chi connectivity index (χ0) is 14.5. The van der Waals surface area contributed by atoms with Crippen molar-refractivity contribution in [2.24, 2.45) is 5.10 Å². The molecule has 0 aliphatic carbocycles. The van der Waals surface area contributed by atoms with Gasteiger partial charge in [-0.15, -0.1) is 0 Å². The molecule has 1 aromatic carbocycles. The molecule has 6 nitrogen and oxygen atoms in total. The molecule has 104 valence electrons. The van der Waals surface area contributed by atoms with E-state index < -0.39 is 0 Å². The molecular weight excluding hydrogens is 256 g/mol. The van der Waals surface area contributed by atoms with E-state index in [1.807, 2.05) is 31.2 Å². The quantitative estimate of drug-likeness (QED) is 0.658. The molecule has 0 spiro atoms. The lowest BCUT2D eigenvalue weighted by molar-refractivity contribution is 0.415. The normalized spacial score (nSPS) is 11.2. The van der Waals surface area contributed by atoms with Crippen molar-refractivity contribution in [1.29, 1.82) is 0 Å². The predicted octanol–water partition coefficient (Wildman–Crippen LogP) is 1.92. The second-order valence-corrected chi connectivity index (χ2v) is 4.27. The molecule has 1 aromatic heterocycles. The first-order valence-electron chi connectivity index (χ1n) is 6.11. The lowest BCUT2D eigenvalue weighted by Crippen LogP contribution is -2.11. The molecule has 0 unspecified atom stereocenters. The number of H-pyrrole nitrogens is 1. The van der Waals surface area contributed by atoms with Crippen LogP contribution in [0.25, 0.3) is 0 Å². The molecule has 0 saturated heterocycles. The number of aromatic amines is 1. The SMILES string of the molecule is COc1ccc(/C(C)=N/Nc2nc(C)cc(=O)[nH]2)cc1. The molecule has 2 rings (SSSR count). The molecule has 0 bridgehead atoms. The minimum Gasteiger partial charge on any atom is -0.497 e. The third-order valence-electron chi connectivity index (χ3n) is 2.71. The average molecular weight is 272 g/mol. The highest BCUT2D eigenvalue weighted by atomic mass is 16.5. The molecule has 6 heteroatoms. The summed E-state index contributed by atoms with van der Waals surface area (Å²) < 4.78 is 5.10. The van der Waals surface area contributed by atoms with E-state index in [1.165, 1.54) is 6.07 Å². The van der Waals surface area contributed by atoms with Crippen LogP contribution in [-0.4, -0.2) is 22.8 Å². The fourth-order valence-corrected chi connectivity index (χ4v) is 1.67. The van der Waals surface area contributed by atoms with Gasteiger partial charge in [0.25, 0.3) is 5.56 Å². The molecule has 1 heterocycles. The number of benzene rings is 1. The van der Waals surface area contributed by atoms with Gasteiger partial charge in [0, 0.05) is 11.8 Å². The average Bonchev–Trinajstić information content (AvgIpc) is 2.44. The molecule has 0 saturated carbocycles. The van der Waals surface area contributed by atoms with Gasteiger partial charge in [0.2, 0.25) is 5.95 Å². The topological polar surface area (TPSA) is 79.4 Å². The number of aromatic nitrogens is 2. The first-order chi connectivity index (χ1) is 9.58. The molecule has 0 aliphatic rings. The highest BCUT2D eigenvalue weighted by Crippen LogP contribution is 2.12. The summed E-state index contributed by atoms with van der Waals surface area (Å²) >= 11 is 0. The number of hydrogen-bond acceptors (Lipinski definition) is 5. The maximum atomic E-state index is 11.3. The van der Waals surface area contributed by atoms with Crippen LogP contribution in [0, 0.1) is 6.92 Å². The van der Waals surface area contributed by atoms with E-state index in [4.69, 9.17) is 4.74 Å². The van der Waals surface area contributed by atoms with Crippen LogP contribution in [-0.2, 0) is 0 Å². The minimum absolute atomic E-state index is 0.211. The van der Waals surface area contributed by atoms with Crippen molar-refractivity contribution in [3.63, 3.8) is 0 Å². The van der Waals surface area contributed by atoms with Crippen molar-refractivity contribution < 1.29 is 4.74 Å². The number of hydrogen-bond donors (Lipinski definition) is 2. The second-order valence-electron chi connectivity index (χ2n) is 4.27. The van der Waals surface area contributed by atoms with Gasteiger partial charge in [0.15, 0.2) is 0 Å². The van der Waals surface area contributed by atoms with Crippen molar-refractivity contribution in [2.75, 3.05) is 12.5 Å². The lowest BCUT2D eigenvalue weighted by Gasteiger charge is -2.04. The monoisotopic (exact) mass is 272 g/mol. The predicted molar refractivity (Wildman–Crippen MR) is 78.4 cm³/mol. The van der Waals surface area contributed by atoms with E-state index in [9.17, 15) is 4.79 Å². The molecule has 0 radical (unpaired) electrons. The lowest BCUT2D eigenvalue weighted by atomic mass is 10.1. The number of methoxy groups -OCH3 is 1. The van der Waals surface area contributed by atoms with Crippen LogP contribution in [0.15, 0.2) is 40.2 Å². The van der Waals surface area contributed by atoms with Crippen LogP contribution < -0.4 is 15.7 Å². The Labute approximate surface area is 116 Å². The van der Waals surface area contributed by atoms with E-state index in [0.29, 0.717) is 11.6 Å². The van der Waals surface area contributed by atoms with Gasteiger partial charge >= 0.3 is 0 Å². The fourth-order valence-electron chi connectivity index (χ4n) is 1.67. The molecule has 20 heavy (non-hydrogen) atoms. The minimum atomic E-state index is -0.211. The molecule has 0 amide bonds. The van der Waals surface area contributed by atoms with Gasteiger partial charge in [-0.3, -0.25) is 9.78 Å². The fraction of sp³-hybridized carbons (Fsp3) is 0.214. The van der Waals surface area contributed by atoms with E-state index >= 15 is 0 Å². The van der Waals surface area contributed by atoms with Crippen LogP contribution >= 0.6 is 0 Å². The number of nitrogens with zero attached hydrogens (tertiary/aromatic N) is 2. The second kappa shape index (κ2) is 6.01. The summed E-state index contributed by atoms with van der Waals surface area (Å²) in [5, 5.41) is 4.20. The maximum Gasteiger partial charge on any atom is 0.252 e. The smallest absolute Gasteiger partial charge is 0.252 e. The number of rotatable bonds is 4. The Morgan fingerprint density at radius 2 is 2.05 bits per heavy atom. The molecule has 0 fully saturated rings. The van der Waals surface area contributed by atoms with Gasteiger partial charge in [-0.05, 0) is 43.7 Å². The van der Waals surface area contributed by atoms with Crippen molar-refractivity contribution in [1.82, 2.24) is 9.97 Å². The molecule has 0 atom stereocenters. The van der Waals surface area contributed by atoms with Crippen molar-refractivity contribution in [3.05, 3.63) is 51.9 Å². The van der Waals surface area contributed by atoms with Gasteiger partial charge in [0.05, 0.1) is 12.8 Å². The van der Waals surface area contributed by atoms with Gasteiger partial charge in [-0.25, -0.2) is 10.4 Å². The summed E-state index contributed by atoms with van der Waals surface area (Å²) in [7, 11) is 1.62. The third-order valence-corrected chi connectivity index (χ3v) is 2.71. The number of nitrogens with one attached hydrogen (secondary N) is 2. The highest BCUT2D eigenvalue weighted by molar-refractivity contribution is 5.99. The van der Waals surface area contributed by atoms with Crippen LogP contribution in [0.3, 0.4) is 0 Å². The standard InChI is InChI=1S/C14H16N4O2/c1-9-8-13(19)16-14(15-9)18-17-10(2)11-4-6-12(20-3)7-5-11/h4-8H,1-3H3,(H2,15,16,18,19)/b17-10+. The molecule has 0 aliphatic heterocycles. The number of anilines is 1. The summed E-state index contributed by atoms with van der Waals surface area (Å²) in [5.74, 6) is 1.11. The first kappa shape index (κ1) is 13.8. The van der Waals surface area contributed by atoms with Crippen molar-refractivity contribution in [2.45, 2.75) is 13.8 Å². The van der Waals surface area contributed by atoms with E-state index in [0.717, 1.165) is 17.0 Å². The summed E-state index contributed by atoms with van der Waals surface area (Å²) in [4.78, 5) is 18.0. The van der Waals surface area contributed by atoms with Crippen LogP contribution in [0.4, 0.5) is 5.95 Å². The summed E-state index contributed by atoms with van der Waals surface area (Å²) in [6.45, 7) is 3.61. The Bertz CT molecular complexity index is 674. The van der Waals surface area contributed by atoms with Gasteiger partial charge in [-0.2, -0.15) is 5.10 Å². The summed E-state index contributed by atoms with van der Waals surface area (Å²) in [6.07, 6.45) is 0. The Kier molecular flexibility index (Phi) is 4.14. The number of hydrazone groups is 1. The zero-order valence-corrected chi connectivity index (χ0v) is 11.6. The van der Waals surface area contributed by atoms with E-state index in [-0.39, 0.29) is 5.56 Å². The Balaban J connectivity index is 2.15. The van der Waals surface area contributed by atoms with Gasteiger partial charge < -0.3 is 4.74 Å². The number of ether oxygens (including phenoxy) is 1. The highest BCUT2D eigenvalue weighted by Gasteiger charge is 2.00. The summed E-state index contributed by atoms with van der Waals surface area (Å²) in [6, 6.07) is 8.96. The van der Waals surface area contributed by atoms with Crippen LogP contribution in [0.5, 0.6) is 5.75 Å². The van der Waals surface area contributed by atoms with Gasteiger partial charge in [0.1, 0.15) is 5.75 Å². The van der Waals surface area contributed by atoms with Crippen LogP contribution in [0.1, 0.15) is 18.2 Å². The van der Waals surface area contributed by atoms with Crippen molar-refractivity contribution >= 4 is 11.7 Å². The number of aryl methyl sites for hydroxylation is 1. The Hall–Kier alpha value is -2.63. The summed E-state index contributed by atoms with van der Waals surface area (Å²) in [5.41, 5.74) is 4.89. The first-order valence-corrected chi connectivity index (χ1v) is 6.11. The maximum absolute atomic E-state index is 11.3. The van der Waals surface area contributed by atoms with E-state index in [2.05, 4.69) is 20.5 Å². The largest absolute Gasteiger partial charge is 0.497 e. The van der Waals surface area contributed by atoms with E-state index in [1.54, 1.807) is 14.0 Å². The molecule has 2 aromatic rings. The Morgan fingerprint density at radius 3 is 2.65 bits per heavy atom. The van der Waals surface area contributed by atoms with Crippen molar-refractivity contribution in [3.8, 4) is 5.75 Å². The third kappa shape index (κ3) is 3.44. The Morgan fingerprint density at radius 1 is 1.35 bits per heavy atom. The molecular formula is C14H16N4O2. The zero-order valence-electron chi connectivity index (χ0n) is 11.6. The van der Waals surface area contributed by atoms with Gasteiger partial charge in [-0.1, -0.05) is 0 Å². The molecule has 2 N–H and O–H groups in total.